The zero-order valence-electron chi connectivity index (χ0n) is 14.8. The molecule has 1 heterocycles. The molecule has 6 heteroatoms. The van der Waals surface area contributed by atoms with Crippen LogP contribution in [0.15, 0.2) is 48.5 Å². The van der Waals surface area contributed by atoms with Crippen molar-refractivity contribution in [1.29, 1.82) is 0 Å². The molecule has 140 valence electrons. The largest absolute Gasteiger partial charge is 0.486 e. The Bertz CT molecular complexity index is 712. The maximum atomic E-state index is 10.2. The summed E-state index contributed by atoms with van der Waals surface area (Å²) in [7, 11) is 1.95. The van der Waals surface area contributed by atoms with Gasteiger partial charge in [0.2, 0.25) is 0 Å². The summed E-state index contributed by atoms with van der Waals surface area (Å²) in [6.45, 7) is 2.29. The summed E-state index contributed by atoms with van der Waals surface area (Å²) in [5.74, 6) is 1.54. The molecule has 2 unspecified atom stereocenters. The Morgan fingerprint density at radius 2 is 1.92 bits per heavy atom. The first-order valence-electron chi connectivity index (χ1n) is 8.68. The fourth-order valence-electron chi connectivity index (χ4n) is 2.91. The zero-order valence-corrected chi connectivity index (χ0v) is 15.6. The van der Waals surface area contributed by atoms with Gasteiger partial charge in [-0.15, -0.1) is 0 Å². The van der Waals surface area contributed by atoms with Gasteiger partial charge in [-0.1, -0.05) is 41.9 Å². The van der Waals surface area contributed by atoms with Crippen LogP contribution in [-0.2, 0) is 11.3 Å². The van der Waals surface area contributed by atoms with Gasteiger partial charge in [-0.25, -0.2) is 0 Å². The number of halogens is 1. The predicted molar refractivity (Wildman–Crippen MR) is 101 cm³/mol. The molecular formula is C20H24ClNO4. The summed E-state index contributed by atoms with van der Waals surface area (Å²) in [6.07, 6.45) is -0.648. The lowest BCUT2D eigenvalue weighted by Crippen LogP contribution is -2.42. The summed E-state index contributed by atoms with van der Waals surface area (Å²) >= 11 is 6.09. The summed E-state index contributed by atoms with van der Waals surface area (Å²) in [6, 6.07) is 15.2. The molecule has 0 spiro atoms. The van der Waals surface area contributed by atoms with E-state index in [9.17, 15) is 5.11 Å². The lowest BCUT2D eigenvalue weighted by atomic mass is 10.2. The van der Waals surface area contributed by atoms with Crippen LogP contribution in [0.4, 0.5) is 0 Å². The number of hydrogen-bond donors (Lipinski definition) is 1. The minimum Gasteiger partial charge on any atom is -0.486 e. The standard InChI is InChI=1S/C20H24ClNO4/c1-22(11-17-14-25-19-8-4-5-9-20(19)26-17)10-16(23)13-24-12-15-6-2-3-7-18(15)21/h2-9,16-17,23H,10-14H2,1H3. The van der Waals surface area contributed by atoms with E-state index in [1.54, 1.807) is 0 Å². The Morgan fingerprint density at radius 3 is 2.73 bits per heavy atom. The van der Waals surface area contributed by atoms with E-state index in [2.05, 4.69) is 0 Å². The quantitative estimate of drug-likeness (QED) is 0.766. The first kappa shape index (κ1) is 19.0. The van der Waals surface area contributed by atoms with Gasteiger partial charge in [-0.3, -0.25) is 4.90 Å². The first-order chi connectivity index (χ1) is 12.6. The number of rotatable bonds is 8. The van der Waals surface area contributed by atoms with E-state index < -0.39 is 6.10 Å². The summed E-state index contributed by atoms with van der Waals surface area (Å²) in [5.41, 5.74) is 0.918. The number of benzene rings is 2. The second kappa shape index (κ2) is 9.24. The van der Waals surface area contributed by atoms with Crippen molar-refractivity contribution in [2.24, 2.45) is 0 Å². The molecule has 0 fully saturated rings. The highest BCUT2D eigenvalue weighted by Gasteiger charge is 2.22. The number of aliphatic hydroxyl groups is 1. The molecule has 0 amide bonds. The lowest BCUT2D eigenvalue weighted by Gasteiger charge is -2.30. The average Bonchev–Trinajstić information content (AvgIpc) is 2.63. The van der Waals surface area contributed by atoms with Gasteiger partial charge in [0, 0.05) is 18.1 Å². The molecule has 0 aliphatic carbocycles. The molecule has 0 bridgehead atoms. The molecule has 0 saturated carbocycles. The number of nitrogens with zero attached hydrogens (tertiary/aromatic N) is 1. The normalized spacial score (nSPS) is 17.3. The molecule has 5 nitrogen and oxygen atoms in total. The molecule has 2 aromatic rings. The first-order valence-corrected chi connectivity index (χ1v) is 9.06. The Kier molecular flexibility index (Phi) is 6.74. The number of aliphatic hydroxyl groups excluding tert-OH is 1. The van der Waals surface area contributed by atoms with Crippen molar-refractivity contribution in [3.8, 4) is 11.5 Å². The monoisotopic (exact) mass is 377 g/mol. The van der Waals surface area contributed by atoms with E-state index in [0.717, 1.165) is 17.1 Å². The van der Waals surface area contributed by atoms with Crippen molar-refractivity contribution < 1.29 is 19.3 Å². The number of para-hydroxylation sites is 2. The van der Waals surface area contributed by atoms with Crippen LogP contribution in [0.25, 0.3) is 0 Å². The summed E-state index contributed by atoms with van der Waals surface area (Å²) in [4.78, 5) is 2.02. The predicted octanol–water partition coefficient (Wildman–Crippen LogP) is 2.99. The molecule has 26 heavy (non-hydrogen) atoms. The highest BCUT2D eigenvalue weighted by atomic mass is 35.5. The smallest absolute Gasteiger partial charge is 0.161 e. The number of hydrogen-bond acceptors (Lipinski definition) is 5. The Morgan fingerprint density at radius 1 is 1.19 bits per heavy atom. The zero-order chi connectivity index (χ0) is 18.4. The van der Waals surface area contributed by atoms with E-state index in [1.807, 2.05) is 60.5 Å². The van der Waals surface area contributed by atoms with E-state index in [4.69, 9.17) is 25.8 Å². The maximum Gasteiger partial charge on any atom is 0.161 e. The molecule has 2 atom stereocenters. The minimum absolute atomic E-state index is 0.0638. The summed E-state index contributed by atoms with van der Waals surface area (Å²) in [5, 5.41) is 10.9. The van der Waals surface area contributed by atoms with Gasteiger partial charge < -0.3 is 19.3 Å². The SMILES string of the molecule is CN(CC(O)COCc1ccccc1Cl)CC1COc2ccccc2O1. The van der Waals surface area contributed by atoms with Crippen LogP contribution in [0.3, 0.4) is 0 Å². The number of fused-ring (bicyclic) bond motifs is 1. The van der Waals surface area contributed by atoms with Crippen LogP contribution >= 0.6 is 11.6 Å². The fraction of sp³-hybridized carbons (Fsp3) is 0.400. The van der Waals surface area contributed by atoms with Crippen LogP contribution in [0.1, 0.15) is 5.56 Å². The molecule has 1 N–H and O–H groups in total. The molecule has 0 aromatic heterocycles. The van der Waals surface area contributed by atoms with Gasteiger partial charge in [-0.05, 0) is 30.8 Å². The highest BCUT2D eigenvalue weighted by molar-refractivity contribution is 6.31. The van der Waals surface area contributed by atoms with Gasteiger partial charge in [-0.2, -0.15) is 0 Å². The Labute approximate surface area is 159 Å². The van der Waals surface area contributed by atoms with Crippen molar-refractivity contribution in [1.82, 2.24) is 4.90 Å². The average molecular weight is 378 g/mol. The van der Waals surface area contributed by atoms with Crippen LogP contribution in [-0.4, -0.2) is 55.6 Å². The third-order valence-corrected chi connectivity index (χ3v) is 4.50. The van der Waals surface area contributed by atoms with Crippen LogP contribution in [0.5, 0.6) is 11.5 Å². The van der Waals surface area contributed by atoms with Crippen LogP contribution < -0.4 is 9.47 Å². The molecule has 0 saturated heterocycles. The van der Waals surface area contributed by atoms with E-state index in [-0.39, 0.29) is 12.7 Å². The molecule has 1 aliphatic rings. The summed E-state index contributed by atoms with van der Waals surface area (Å²) < 4.78 is 17.2. The third kappa shape index (κ3) is 5.35. The second-order valence-electron chi connectivity index (χ2n) is 6.48. The van der Waals surface area contributed by atoms with Crippen molar-refractivity contribution in [2.75, 3.05) is 33.4 Å². The molecule has 3 rings (SSSR count). The number of likely N-dealkylation sites (N-methyl/N-ethyl adjacent to an activating group) is 1. The topological polar surface area (TPSA) is 51.2 Å². The van der Waals surface area contributed by atoms with Gasteiger partial charge in [0.05, 0.1) is 19.3 Å². The van der Waals surface area contributed by atoms with E-state index in [0.29, 0.717) is 31.3 Å². The van der Waals surface area contributed by atoms with Crippen molar-refractivity contribution in [3.63, 3.8) is 0 Å². The van der Waals surface area contributed by atoms with Gasteiger partial charge in [0.1, 0.15) is 12.7 Å². The maximum absolute atomic E-state index is 10.2. The van der Waals surface area contributed by atoms with Crippen LogP contribution in [0.2, 0.25) is 5.02 Å². The van der Waals surface area contributed by atoms with Gasteiger partial charge in [0.15, 0.2) is 11.5 Å². The Hall–Kier alpha value is -1.79. The van der Waals surface area contributed by atoms with E-state index >= 15 is 0 Å². The molecule has 2 aromatic carbocycles. The minimum atomic E-state index is -0.584. The third-order valence-electron chi connectivity index (χ3n) is 4.13. The molecule has 0 radical (unpaired) electrons. The number of ether oxygens (including phenoxy) is 3. The second-order valence-corrected chi connectivity index (χ2v) is 6.89. The molecular weight excluding hydrogens is 354 g/mol. The van der Waals surface area contributed by atoms with Gasteiger partial charge >= 0.3 is 0 Å². The van der Waals surface area contributed by atoms with Crippen molar-refractivity contribution in [3.05, 3.63) is 59.1 Å². The fourth-order valence-corrected chi connectivity index (χ4v) is 3.10. The molecule has 1 aliphatic heterocycles. The lowest BCUT2D eigenvalue weighted by molar-refractivity contribution is 0.00296. The van der Waals surface area contributed by atoms with Gasteiger partial charge in [0.25, 0.3) is 0 Å². The Balaban J connectivity index is 1.38. The van der Waals surface area contributed by atoms with Crippen molar-refractivity contribution >= 4 is 11.6 Å². The van der Waals surface area contributed by atoms with E-state index in [1.165, 1.54) is 0 Å². The highest BCUT2D eigenvalue weighted by Crippen LogP contribution is 2.30. The van der Waals surface area contributed by atoms with Crippen LogP contribution in [0, 0.1) is 0 Å². The van der Waals surface area contributed by atoms with Crippen molar-refractivity contribution in [2.45, 2.75) is 18.8 Å².